The Morgan fingerprint density at radius 1 is 1.07 bits per heavy atom. The number of ether oxygens (including phenoxy) is 2. The molecule has 7 nitrogen and oxygen atoms in total. The molecule has 3 rings (SSSR count). The quantitative estimate of drug-likeness (QED) is 0.513. The van der Waals surface area contributed by atoms with E-state index < -0.39 is 10.0 Å². The van der Waals surface area contributed by atoms with Gasteiger partial charge in [0, 0.05) is 17.8 Å². The van der Waals surface area contributed by atoms with Gasteiger partial charge < -0.3 is 14.8 Å². The molecule has 158 valence electrons. The summed E-state index contributed by atoms with van der Waals surface area (Å²) in [5.41, 5.74) is 1.56. The highest BCUT2D eigenvalue weighted by Gasteiger charge is 2.16. The standard InChI is InChI=1S/C20H19ClN2O5S2/c1-27-17-12-16(18(28-2)11-15(17)21)22-19(24)10-13-5-7-14(8-6-13)23-30(25,26)20-4-3-9-29-20/h3-9,11-12,23H,10H2,1-2H3,(H,22,24). The summed E-state index contributed by atoms with van der Waals surface area (Å²) in [6, 6.07) is 12.9. The second-order valence-corrected chi connectivity index (χ2v) is 9.41. The number of amides is 1. The Morgan fingerprint density at radius 3 is 2.37 bits per heavy atom. The summed E-state index contributed by atoms with van der Waals surface area (Å²) in [4.78, 5) is 12.5. The zero-order valence-electron chi connectivity index (χ0n) is 16.1. The van der Waals surface area contributed by atoms with Gasteiger partial charge in [0.1, 0.15) is 15.7 Å². The van der Waals surface area contributed by atoms with E-state index in [0.717, 1.165) is 11.3 Å². The molecule has 0 bridgehead atoms. The first-order valence-electron chi connectivity index (χ1n) is 8.69. The van der Waals surface area contributed by atoms with Gasteiger partial charge in [0.05, 0.1) is 31.4 Å². The van der Waals surface area contributed by atoms with Crippen LogP contribution in [0.2, 0.25) is 5.02 Å². The zero-order valence-corrected chi connectivity index (χ0v) is 18.5. The normalized spacial score (nSPS) is 11.0. The van der Waals surface area contributed by atoms with Crippen LogP contribution in [0.25, 0.3) is 0 Å². The maximum atomic E-state index is 12.5. The highest BCUT2D eigenvalue weighted by molar-refractivity contribution is 7.94. The molecule has 1 amide bonds. The second-order valence-electron chi connectivity index (χ2n) is 6.15. The molecule has 1 aromatic heterocycles. The SMILES string of the molecule is COc1cc(NC(=O)Cc2ccc(NS(=O)(=O)c3cccs3)cc2)c(OC)cc1Cl. The fourth-order valence-corrected chi connectivity index (χ4v) is 4.93. The lowest BCUT2D eigenvalue weighted by Gasteiger charge is -2.13. The third kappa shape index (κ3) is 5.24. The van der Waals surface area contributed by atoms with E-state index in [0.29, 0.717) is 33.5 Å². The number of hydrogen-bond donors (Lipinski definition) is 2. The summed E-state index contributed by atoms with van der Waals surface area (Å²) < 4.78 is 37.7. The number of rotatable bonds is 8. The van der Waals surface area contributed by atoms with E-state index in [-0.39, 0.29) is 16.5 Å². The van der Waals surface area contributed by atoms with E-state index in [1.54, 1.807) is 47.8 Å². The van der Waals surface area contributed by atoms with E-state index in [1.807, 2.05) is 0 Å². The predicted molar refractivity (Wildman–Crippen MR) is 118 cm³/mol. The van der Waals surface area contributed by atoms with Gasteiger partial charge in [-0.2, -0.15) is 0 Å². The Balaban J connectivity index is 1.67. The third-order valence-corrected chi connectivity index (χ3v) is 7.15. The lowest BCUT2D eigenvalue weighted by atomic mass is 10.1. The Labute approximate surface area is 183 Å². The molecule has 30 heavy (non-hydrogen) atoms. The van der Waals surface area contributed by atoms with Crippen molar-refractivity contribution in [2.24, 2.45) is 0 Å². The van der Waals surface area contributed by atoms with Gasteiger partial charge in [-0.15, -0.1) is 11.3 Å². The van der Waals surface area contributed by atoms with Crippen LogP contribution in [-0.4, -0.2) is 28.5 Å². The molecule has 0 atom stereocenters. The highest BCUT2D eigenvalue weighted by atomic mass is 35.5. The number of methoxy groups -OCH3 is 2. The molecule has 0 spiro atoms. The number of benzene rings is 2. The van der Waals surface area contributed by atoms with Gasteiger partial charge in [-0.05, 0) is 29.1 Å². The lowest BCUT2D eigenvalue weighted by Crippen LogP contribution is -2.15. The summed E-state index contributed by atoms with van der Waals surface area (Å²) in [5.74, 6) is 0.548. The molecule has 0 saturated carbocycles. The van der Waals surface area contributed by atoms with Crippen LogP contribution in [0.3, 0.4) is 0 Å². The maximum Gasteiger partial charge on any atom is 0.271 e. The van der Waals surface area contributed by atoms with Gasteiger partial charge in [0.15, 0.2) is 0 Å². The minimum atomic E-state index is -3.61. The van der Waals surface area contributed by atoms with Crippen molar-refractivity contribution in [1.29, 1.82) is 0 Å². The van der Waals surface area contributed by atoms with E-state index >= 15 is 0 Å². The first-order valence-corrected chi connectivity index (χ1v) is 11.4. The summed E-state index contributed by atoms with van der Waals surface area (Å²) in [6.07, 6.45) is 0.0893. The van der Waals surface area contributed by atoms with E-state index in [2.05, 4.69) is 10.0 Å². The summed E-state index contributed by atoms with van der Waals surface area (Å²) in [6.45, 7) is 0. The van der Waals surface area contributed by atoms with Crippen molar-refractivity contribution in [3.05, 3.63) is 64.5 Å². The van der Waals surface area contributed by atoms with E-state index in [4.69, 9.17) is 21.1 Å². The Kier molecular flexibility index (Phi) is 6.86. The second kappa shape index (κ2) is 9.38. The maximum absolute atomic E-state index is 12.5. The van der Waals surface area contributed by atoms with Crippen molar-refractivity contribution in [3.63, 3.8) is 0 Å². The van der Waals surface area contributed by atoms with Crippen LogP contribution >= 0.6 is 22.9 Å². The van der Waals surface area contributed by atoms with Crippen molar-refractivity contribution in [1.82, 2.24) is 0 Å². The molecule has 0 radical (unpaired) electrons. The van der Waals surface area contributed by atoms with Gasteiger partial charge in [-0.25, -0.2) is 8.42 Å². The minimum Gasteiger partial charge on any atom is -0.495 e. The number of sulfonamides is 1. The van der Waals surface area contributed by atoms with Crippen molar-refractivity contribution in [3.8, 4) is 11.5 Å². The smallest absolute Gasteiger partial charge is 0.271 e. The number of halogens is 1. The van der Waals surface area contributed by atoms with Gasteiger partial charge in [-0.3, -0.25) is 9.52 Å². The number of nitrogens with one attached hydrogen (secondary N) is 2. The average Bonchev–Trinajstić information content (AvgIpc) is 3.26. The van der Waals surface area contributed by atoms with Crippen LogP contribution in [0.1, 0.15) is 5.56 Å². The third-order valence-electron chi connectivity index (χ3n) is 4.08. The highest BCUT2D eigenvalue weighted by Crippen LogP contribution is 2.35. The molecule has 10 heteroatoms. The van der Waals surface area contributed by atoms with Crippen LogP contribution < -0.4 is 19.5 Å². The lowest BCUT2D eigenvalue weighted by molar-refractivity contribution is -0.115. The molecule has 1 heterocycles. The topological polar surface area (TPSA) is 93.7 Å². The predicted octanol–water partition coefficient (Wildman–Crippen LogP) is 4.40. The molecule has 2 N–H and O–H groups in total. The Morgan fingerprint density at radius 2 is 1.77 bits per heavy atom. The first-order chi connectivity index (χ1) is 14.3. The molecule has 0 saturated heterocycles. The minimum absolute atomic E-state index is 0.0893. The summed E-state index contributed by atoms with van der Waals surface area (Å²) in [7, 11) is -0.656. The van der Waals surface area contributed by atoms with Gasteiger partial charge in [0.25, 0.3) is 10.0 Å². The molecule has 0 aliphatic rings. The molecule has 0 aliphatic heterocycles. The number of hydrogen-bond acceptors (Lipinski definition) is 6. The number of carbonyl (C=O) groups is 1. The molecular formula is C20H19ClN2O5S2. The number of thiophene rings is 1. The van der Waals surface area contributed by atoms with Crippen LogP contribution in [0.4, 0.5) is 11.4 Å². The summed E-state index contributed by atoms with van der Waals surface area (Å²) in [5, 5.41) is 4.83. The Hall–Kier alpha value is -2.75. The summed E-state index contributed by atoms with van der Waals surface area (Å²) >= 11 is 7.21. The van der Waals surface area contributed by atoms with E-state index in [9.17, 15) is 13.2 Å². The molecular weight excluding hydrogens is 448 g/mol. The molecule has 0 fully saturated rings. The van der Waals surface area contributed by atoms with Crippen LogP contribution in [0.15, 0.2) is 58.1 Å². The molecule has 3 aromatic rings. The number of carbonyl (C=O) groups excluding carboxylic acids is 1. The average molecular weight is 467 g/mol. The van der Waals surface area contributed by atoms with Gasteiger partial charge in [-0.1, -0.05) is 29.8 Å². The van der Waals surface area contributed by atoms with Crippen LogP contribution in [-0.2, 0) is 21.2 Å². The first kappa shape index (κ1) is 21.9. The fourth-order valence-electron chi connectivity index (χ4n) is 2.65. The van der Waals surface area contributed by atoms with Crippen molar-refractivity contribution in [2.75, 3.05) is 24.3 Å². The number of anilines is 2. The fraction of sp³-hybridized carbons (Fsp3) is 0.150. The molecule has 0 unspecified atom stereocenters. The zero-order chi connectivity index (χ0) is 21.7. The monoisotopic (exact) mass is 466 g/mol. The van der Waals surface area contributed by atoms with Crippen molar-refractivity contribution < 1.29 is 22.7 Å². The van der Waals surface area contributed by atoms with Gasteiger partial charge >= 0.3 is 0 Å². The van der Waals surface area contributed by atoms with Crippen LogP contribution in [0, 0.1) is 0 Å². The van der Waals surface area contributed by atoms with Crippen molar-refractivity contribution in [2.45, 2.75) is 10.6 Å². The van der Waals surface area contributed by atoms with Crippen LogP contribution in [0.5, 0.6) is 11.5 Å². The van der Waals surface area contributed by atoms with Gasteiger partial charge in [0.2, 0.25) is 5.91 Å². The Bertz CT molecular complexity index is 1130. The molecule has 2 aromatic carbocycles. The van der Waals surface area contributed by atoms with Crippen molar-refractivity contribution >= 4 is 50.2 Å². The largest absolute Gasteiger partial charge is 0.495 e. The van der Waals surface area contributed by atoms with E-state index in [1.165, 1.54) is 20.3 Å². The molecule has 0 aliphatic carbocycles.